The number of anilines is 1. The number of nitrogens with zero attached hydrogens (tertiary/aromatic N) is 1. The van der Waals surface area contributed by atoms with Gasteiger partial charge in [-0.3, -0.25) is 0 Å². The molecule has 0 fully saturated rings. The molecule has 1 aliphatic heterocycles. The maximum Gasteiger partial charge on any atom is 0.151 e. The zero-order chi connectivity index (χ0) is 16.6. The Morgan fingerprint density at radius 2 is 2.00 bits per heavy atom. The molecule has 0 saturated carbocycles. The van der Waals surface area contributed by atoms with E-state index in [9.17, 15) is 4.39 Å². The highest BCUT2D eigenvalue weighted by atomic mass is 35.5. The lowest BCUT2D eigenvalue weighted by Crippen LogP contribution is -2.37. The lowest BCUT2D eigenvalue weighted by Gasteiger charge is -2.28. The Hall–Kier alpha value is -2.00. The molecular weight excluding hydrogens is 340 g/mol. The molecule has 0 aliphatic carbocycles. The molecule has 1 heterocycles. The summed E-state index contributed by atoms with van der Waals surface area (Å²) in [6.07, 6.45) is -0.234. The van der Waals surface area contributed by atoms with E-state index < -0.39 is 5.82 Å². The minimum Gasteiger partial charge on any atom is -0.484 e. The van der Waals surface area contributed by atoms with E-state index in [0.717, 1.165) is 0 Å². The van der Waals surface area contributed by atoms with Gasteiger partial charge in [-0.1, -0.05) is 23.2 Å². The van der Waals surface area contributed by atoms with Crippen molar-refractivity contribution in [3.63, 3.8) is 0 Å². The number of ether oxygens (including phenoxy) is 1. The van der Waals surface area contributed by atoms with Crippen LogP contribution in [0.15, 0.2) is 24.3 Å². The van der Waals surface area contributed by atoms with Crippen molar-refractivity contribution in [1.82, 2.24) is 0 Å². The average Bonchev–Trinajstić information content (AvgIpc) is 2.53. The molecule has 2 aromatic carbocycles. The first-order valence-electron chi connectivity index (χ1n) is 6.87. The quantitative estimate of drug-likeness (QED) is 0.862. The Bertz CT molecular complexity index is 797. The summed E-state index contributed by atoms with van der Waals surface area (Å²) >= 11 is 12.5. The summed E-state index contributed by atoms with van der Waals surface area (Å²) < 4.78 is 19.8. The van der Waals surface area contributed by atoms with Crippen molar-refractivity contribution in [2.75, 3.05) is 18.4 Å². The molecule has 1 aliphatic rings. The summed E-state index contributed by atoms with van der Waals surface area (Å²) in [5.74, 6) is -0.000788. The van der Waals surface area contributed by atoms with Crippen molar-refractivity contribution in [1.29, 1.82) is 5.26 Å². The average molecular weight is 352 g/mol. The summed E-state index contributed by atoms with van der Waals surface area (Å²) in [4.78, 5) is 0. The molecule has 0 radical (unpaired) electrons. The SMILES string of the molecule is N#Cc1cc(Cl)c(-c2cc(F)cc3c2O[C@@H](CN)CN3)c(Cl)c1. The molecule has 23 heavy (non-hydrogen) atoms. The van der Waals surface area contributed by atoms with Crippen molar-refractivity contribution in [2.45, 2.75) is 6.10 Å². The van der Waals surface area contributed by atoms with Crippen molar-refractivity contribution in [3.05, 3.63) is 45.7 Å². The molecule has 0 aromatic heterocycles. The third-order valence-electron chi connectivity index (χ3n) is 3.56. The molecule has 3 N–H and O–H groups in total. The maximum absolute atomic E-state index is 14.0. The first kappa shape index (κ1) is 15.9. The zero-order valence-corrected chi connectivity index (χ0v) is 13.4. The summed E-state index contributed by atoms with van der Waals surface area (Å²) in [5.41, 5.74) is 7.33. The molecule has 0 spiro atoms. The number of fused-ring (bicyclic) bond motifs is 1. The Labute approximate surface area is 142 Å². The van der Waals surface area contributed by atoms with Crippen LogP contribution in [0.4, 0.5) is 10.1 Å². The van der Waals surface area contributed by atoms with E-state index in [0.29, 0.717) is 41.2 Å². The van der Waals surface area contributed by atoms with Crippen LogP contribution in [-0.4, -0.2) is 19.2 Å². The van der Waals surface area contributed by atoms with Gasteiger partial charge in [-0.2, -0.15) is 5.26 Å². The van der Waals surface area contributed by atoms with Gasteiger partial charge in [-0.15, -0.1) is 0 Å². The summed E-state index contributed by atoms with van der Waals surface area (Å²) in [5, 5.41) is 12.6. The summed E-state index contributed by atoms with van der Waals surface area (Å²) in [6, 6.07) is 7.59. The first-order valence-corrected chi connectivity index (χ1v) is 7.62. The van der Waals surface area contributed by atoms with Gasteiger partial charge in [0.1, 0.15) is 11.9 Å². The number of nitriles is 1. The molecule has 0 bridgehead atoms. The fourth-order valence-corrected chi connectivity index (χ4v) is 3.19. The predicted octanol–water partition coefficient (Wildman–Crippen LogP) is 3.80. The molecule has 1 atom stereocenters. The maximum atomic E-state index is 14.0. The first-order chi connectivity index (χ1) is 11.0. The molecular formula is C16H12Cl2FN3O. The van der Waals surface area contributed by atoms with Crippen molar-refractivity contribution >= 4 is 28.9 Å². The monoisotopic (exact) mass is 351 g/mol. The largest absolute Gasteiger partial charge is 0.484 e. The van der Waals surface area contributed by atoms with Crippen LogP contribution in [0.2, 0.25) is 10.0 Å². The van der Waals surface area contributed by atoms with Crippen LogP contribution in [0.25, 0.3) is 11.1 Å². The lowest BCUT2D eigenvalue weighted by molar-refractivity contribution is 0.215. The second kappa shape index (κ2) is 6.25. The Morgan fingerprint density at radius 3 is 2.61 bits per heavy atom. The third-order valence-corrected chi connectivity index (χ3v) is 4.16. The Balaban J connectivity index is 2.22. The number of rotatable bonds is 2. The molecule has 7 heteroatoms. The van der Waals surface area contributed by atoms with Gasteiger partial charge in [0.15, 0.2) is 5.75 Å². The van der Waals surface area contributed by atoms with E-state index in [1.165, 1.54) is 24.3 Å². The van der Waals surface area contributed by atoms with E-state index in [4.69, 9.17) is 38.9 Å². The molecule has 2 aromatic rings. The molecule has 0 unspecified atom stereocenters. The predicted molar refractivity (Wildman–Crippen MR) is 88.5 cm³/mol. The highest BCUT2D eigenvalue weighted by Gasteiger charge is 2.25. The number of nitrogens with two attached hydrogens (primary N) is 1. The van der Waals surface area contributed by atoms with Crippen LogP contribution in [0.1, 0.15) is 5.56 Å². The highest BCUT2D eigenvalue weighted by molar-refractivity contribution is 6.39. The zero-order valence-electron chi connectivity index (χ0n) is 11.9. The molecule has 4 nitrogen and oxygen atoms in total. The second-order valence-corrected chi connectivity index (χ2v) is 5.93. The second-order valence-electron chi connectivity index (χ2n) is 5.11. The topological polar surface area (TPSA) is 71.1 Å². The van der Waals surface area contributed by atoms with E-state index in [1.54, 1.807) is 0 Å². The number of halogens is 3. The lowest BCUT2D eigenvalue weighted by atomic mass is 10.0. The van der Waals surface area contributed by atoms with E-state index >= 15 is 0 Å². The van der Waals surface area contributed by atoms with Crippen LogP contribution in [0.3, 0.4) is 0 Å². The summed E-state index contributed by atoms with van der Waals surface area (Å²) in [6.45, 7) is 0.805. The molecule has 0 amide bonds. The third kappa shape index (κ3) is 2.93. The number of hydrogen-bond acceptors (Lipinski definition) is 4. The van der Waals surface area contributed by atoms with E-state index in [1.807, 2.05) is 6.07 Å². The number of nitrogens with one attached hydrogen (secondary N) is 1. The highest BCUT2D eigenvalue weighted by Crippen LogP contribution is 2.45. The normalized spacial score (nSPS) is 16.0. The number of benzene rings is 2. The molecule has 3 rings (SSSR count). The van der Waals surface area contributed by atoms with Gasteiger partial charge in [0, 0.05) is 23.7 Å². The van der Waals surface area contributed by atoms with Crippen LogP contribution in [-0.2, 0) is 0 Å². The van der Waals surface area contributed by atoms with Crippen LogP contribution >= 0.6 is 23.2 Å². The van der Waals surface area contributed by atoms with Gasteiger partial charge in [-0.05, 0) is 18.2 Å². The fourth-order valence-electron chi connectivity index (χ4n) is 2.50. The Morgan fingerprint density at radius 1 is 1.30 bits per heavy atom. The van der Waals surface area contributed by atoms with Gasteiger partial charge >= 0.3 is 0 Å². The van der Waals surface area contributed by atoms with E-state index in [-0.39, 0.29) is 16.1 Å². The van der Waals surface area contributed by atoms with Crippen LogP contribution in [0, 0.1) is 17.1 Å². The van der Waals surface area contributed by atoms with Crippen LogP contribution < -0.4 is 15.8 Å². The van der Waals surface area contributed by atoms with E-state index in [2.05, 4.69) is 5.32 Å². The molecule has 0 saturated heterocycles. The van der Waals surface area contributed by atoms with Crippen molar-refractivity contribution in [3.8, 4) is 22.9 Å². The standard InChI is InChI=1S/C16H12Cl2FN3O/c17-12-1-8(5-20)2-13(18)15(12)11-3-9(19)4-14-16(11)23-10(6-21)7-22-14/h1-4,10,22H,6-7,21H2/t10-/m0/s1. The number of hydrogen-bond donors (Lipinski definition) is 2. The molecule has 118 valence electrons. The van der Waals surface area contributed by atoms with Gasteiger partial charge in [0.25, 0.3) is 0 Å². The van der Waals surface area contributed by atoms with Gasteiger partial charge in [0.05, 0.1) is 33.9 Å². The van der Waals surface area contributed by atoms with Crippen molar-refractivity contribution in [2.24, 2.45) is 5.73 Å². The smallest absolute Gasteiger partial charge is 0.151 e. The minimum atomic E-state index is -0.447. The minimum absolute atomic E-state index is 0.234. The fraction of sp³-hybridized carbons (Fsp3) is 0.188. The van der Waals surface area contributed by atoms with Gasteiger partial charge in [0.2, 0.25) is 0 Å². The van der Waals surface area contributed by atoms with Gasteiger partial charge in [-0.25, -0.2) is 4.39 Å². The Kier molecular flexibility index (Phi) is 4.31. The van der Waals surface area contributed by atoms with Crippen molar-refractivity contribution < 1.29 is 9.13 Å². The summed E-state index contributed by atoms with van der Waals surface area (Å²) in [7, 11) is 0. The van der Waals surface area contributed by atoms with Gasteiger partial charge < -0.3 is 15.8 Å². The van der Waals surface area contributed by atoms with Crippen LogP contribution in [0.5, 0.6) is 5.75 Å².